The van der Waals surface area contributed by atoms with Crippen LogP contribution < -0.4 is 10.6 Å². The highest BCUT2D eigenvalue weighted by molar-refractivity contribution is 7.99. The van der Waals surface area contributed by atoms with Crippen LogP contribution in [-0.2, 0) is 22.6 Å². The number of halogens is 1. The molecule has 9 heteroatoms. The highest BCUT2D eigenvalue weighted by atomic mass is 35.5. The fraction of sp³-hybridized carbons (Fsp3) is 0.217. The summed E-state index contributed by atoms with van der Waals surface area (Å²) >= 11 is 7.31. The van der Waals surface area contributed by atoms with Crippen molar-refractivity contribution < 1.29 is 9.59 Å². The first-order valence-electron chi connectivity index (χ1n) is 9.94. The fourth-order valence-corrected chi connectivity index (χ4v) is 3.87. The van der Waals surface area contributed by atoms with Crippen LogP contribution >= 0.6 is 23.4 Å². The quantitative estimate of drug-likeness (QED) is 0.352. The number of para-hydroxylation sites is 1. The first-order chi connectivity index (χ1) is 15.4. The summed E-state index contributed by atoms with van der Waals surface area (Å²) in [5.41, 5.74) is 3.55. The predicted octanol–water partition coefficient (Wildman–Crippen LogP) is 4.65. The second-order valence-electron chi connectivity index (χ2n) is 7.14. The maximum atomic E-state index is 12.5. The van der Waals surface area contributed by atoms with Crippen molar-refractivity contribution in [2.75, 3.05) is 16.4 Å². The second-order valence-corrected chi connectivity index (χ2v) is 8.49. The largest absolute Gasteiger partial charge is 0.326 e. The standard InChI is InChI=1S/C23H24ClN5O2S/c1-4-11-29-20(13-21(30)25-17-10-9-15(2)16(3)12-17)27-28-23(29)32-14-22(31)26-19-8-6-5-7-18(19)24/h4-10,12H,1,11,13-14H2,2-3H3,(H,25,30)(H,26,31). The van der Waals surface area contributed by atoms with Gasteiger partial charge in [0.25, 0.3) is 0 Å². The summed E-state index contributed by atoms with van der Waals surface area (Å²) < 4.78 is 1.78. The minimum Gasteiger partial charge on any atom is -0.326 e. The molecule has 0 fully saturated rings. The lowest BCUT2D eigenvalue weighted by Gasteiger charge is -2.10. The molecule has 0 aliphatic carbocycles. The molecule has 3 rings (SSSR count). The van der Waals surface area contributed by atoms with Gasteiger partial charge in [0, 0.05) is 12.2 Å². The lowest BCUT2D eigenvalue weighted by Crippen LogP contribution is -2.18. The Kier molecular flexibility index (Phi) is 8.08. The SMILES string of the molecule is C=CCn1c(CC(=O)Nc2ccc(C)c(C)c2)nnc1SCC(=O)Nc1ccccc1Cl. The lowest BCUT2D eigenvalue weighted by molar-refractivity contribution is -0.116. The molecular formula is C23H24ClN5O2S. The van der Waals surface area contributed by atoms with Crippen molar-refractivity contribution in [2.45, 2.75) is 32.0 Å². The van der Waals surface area contributed by atoms with Crippen LogP contribution in [0.2, 0.25) is 5.02 Å². The minimum atomic E-state index is -0.217. The van der Waals surface area contributed by atoms with Crippen molar-refractivity contribution in [3.8, 4) is 0 Å². The molecule has 2 N–H and O–H groups in total. The van der Waals surface area contributed by atoms with Gasteiger partial charge in [0.05, 0.1) is 22.9 Å². The summed E-state index contributed by atoms with van der Waals surface area (Å²) in [5, 5.41) is 15.0. The fourth-order valence-electron chi connectivity index (χ4n) is 2.92. The van der Waals surface area contributed by atoms with E-state index in [0.29, 0.717) is 28.2 Å². The van der Waals surface area contributed by atoms with E-state index in [2.05, 4.69) is 27.4 Å². The number of anilines is 2. The van der Waals surface area contributed by atoms with Gasteiger partial charge in [0.2, 0.25) is 11.8 Å². The number of hydrogen-bond acceptors (Lipinski definition) is 5. The molecule has 0 spiro atoms. The molecule has 0 aliphatic heterocycles. The first-order valence-corrected chi connectivity index (χ1v) is 11.3. The van der Waals surface area contributed by atoms with Crippen LogP contribution in [0, 0.1) is 13.8 Å². The Morgan fingerprint density at radius 3 is 2.59 bits per heavy atom. The van der Waals surface area contributed by atoms with Gasteiger partial charge < -0.3 is 15.2 Å². The van der Waals surface area contributed by atoms with E-state index < -0.39 is 0 Å². The molecule has 0 radical (unpaired) electrons. The van der Waals surface area contributed by atoms with Gasteiger partial charge in [-0.1, -0.05) is 47.6 Å². The van der Waals surface area contributed by atoms with Gasteiger partial charge in [0.1, 0.15) is 5.82 Å². The lowest BCUT2D eigenvalue weighted by atomic mass is 10.1. The monoisotopic (exact) mass is 469 g/mol. The van der Waals surface area contributed by atoms with E-state index in [0.717, 1.165) is 16.8 Å². The number of hydrogen-bond donors (Lipinski definition) is 2. The van der Waals surface area contributed by atoms with E-state index in [-0.39, 0.29) is 24.0 Å². The Morgan fingerprint density at radius 2 is 1.88 bits per heavy atom. The second kappa shape index (κ2) is 11.0. The Balaban J connectivity index is 1.63. The molecule has 1 aromatic heterocycles. The number of allylic oxidation sites excluding steroid dienone is 1. The van der Waals surface area contributed by atoms with Crippen LogP contribution in [-0.4, -0.2) is 32.3 Å². The zero-order chi connectivity index (χ0) is 23.1. The Hall–Kier alpha value is -3.10. The van der Waals surface area contributed by atoms with Gasteiger partial charge in [-0.05, 0) is 49.2 Å². The maximum absolute atomic E-state index is 12.5. The third kappa shape index (κ3) is 6.21. The predicted molar refractivity (Wildman–Crippen MR) is 129 cm³/mol. The molecule has 0 saturated carbocycles. The van der Waals surface area contributed by atoms with Gasteiger partial charge in [-0.15, -0.1) is 16.8 Å². The molecule has 2 amide bonds. The van der Waals surface area contributed by atoms with Crippen molar-refractivity contribution in [3.63, 3.8) is 0 Å². The van der Waals surface area contributed by atoms with Gasteiger partial charge in [0.15, 0.2) is 5.16 Å². The number of carbonyl (C=O) groups excluding carboxylic acids is 2. The zero-order valence-corrected chi connectivity index (χ0v) is 19.5. The highest BCUT2D eigenvalue weighted by Gasteiger charge is 2.17. The van der Waals surface area contributed by atoms with E-state index in [9.17, 15) is 9.59 Å². The van der Waals surface area contributed by atoms with Crippen molar-refractivity contribution in [3.05, 3.63) is 77.1 Å². The summed E-state index contributed by atoms with van der Waals surface area (Å²) in [6, 6.07) is 12.8. The van der Waals surface area contributed by atoms with Crippen molar-refractivity contribution in [2.24, 2.45) is 0 Å². The summed E-state index contributed by atoms with van der Waals surface area (Å²) in [5.74, 6) is 0.208. The van der Waals surface area contributed by atoms with E-state index in [1.807, 2.05) is 32.0 Å². The van der Waals surface area contributed by atoms with Gasteiger partial charge in [-0.3, -0.25) is 9.59 Å². The van der Waals surface area contributed by atoms with Crippen LogP contribution in [0.5, 0.6) is 0 Å². The Labute approximate surface area is 196 Å². The molecule has 0 bridgehead atoms. The average Bonchev–Trinajstić information content (AvgIpc) is 3.12. The number of benzene rings is 2. The van der Waals surface area contributed by atoms with Crippen LogP contribution in [0.25, 0.3) is 0 Å². The molecule has 1 heterocycles. The number of nitrogens with zero attached hydrogens (tertiary/aromatic N) is 3. The minimum absolute atomic E-state index is 0.0557. The third-order valence-corrected chi connectivity index (χ3v) is 5.99. The third-order valence-electron chi connectivity index (χ3n) is 4.69. The molecule has 0 saturated heterocycles. The number of nitrogens with one attached hydrogen (secondary N) is 2. The van der Waals surface area contributed by atoms with Crippen LogP contribution in [0.4, 0.5) is 11.4 Å². The number of rotatable bonds is 9. The molecule has 7 nitrogen and oxygen atoms in total. The Bertz CT molecular complexity index is 1150. The topological polar surface area (TPSA) is 88.9 Å². The van der Waals surface area contributed by atoms with Gasteiger partial charge in [-0.2, -0.15) is 0 Å². The normalized spacial score (nSPS) is 10.6. The molecule has 166 valence electrons. The molecule has 3 aromatic rings. The molecule has 0 unspecified atom stereocenters. The summed E-state index contributed by atoms with van der Waals surface area (Å²) in [4.78, 5) is 24.9. The number of amides is 2. The Morgan fingerprint density at radius 1 is 1.09 bits per heavy atom. The van der Waals surface area contributed by atoms with Gasteiger partial charge in [-0.25, -0.2) is 0 Å². The maximum Gasteiger partial charge on any atom is 0.234 e. The molecule has 0 aliphatic rings. The highest BCUT2D eigenvalue weighted by Crippen LogP contribution is 2.22. The molecule has 32 heavy (non-hydrogen) atoms. The van der Waals surface area contributed by atoms with E-state index in [1.54, 1.807) is 34.9 Å². The molecule has 0 atom stereocenters. The number of aryl methyl sites for hydroxylation is 2. The van der Waals surface area contributed by atoms with E-state index in [1.165, 1.54) is 11.8 Å². The average molecular weight is 470 g/mol. The number of thioether (sulfide) groups is 1. The zero-order valence-electron chi connectivity index (χ0n) is 17.9. The summed E-state index contributed by atoms with van der Waals surface area (Å²) in [6.45, 7) is 8.21. The smallest absolute Gasteiger partial charge is 0.234 e. The van der Waals surface area contributed by atoms with Crippen LogP contribution in [0.15, 0.2) is 60.3 Å². The molecular weight excluding hydrogens is 446 g/mol. The van der Waals surface area contributed by atoms with Crippen LogP contribution in [0.1, 0.15) is 17.0 Å². The van der Waals surface area contributed by atoms with E-state index in [4.69, 9.17) is 11.6 Å². The molecule has 2 aromatic carbocycles. The summed E-state index contributed by atoms with van der Waals surface area (Å²) in [6.07, 6.45) is 1.75. The summed E-state index contributed by atoms with van der Waals surface area (Å²) in [7, 11) is 0. The van der Waals surface area contributed by atoms with Crippen molar-refractivity contribution in [1.82, 2.24) is 14.8 Å². The van der Waals surface area contributed by atoms with Gasteiger partial charge >= 0.3 is 0 Å². The van der Waals surface area contributed by atoms with Crippen molar-refractivity contribution >= 4 is 46.6 Å². The van der Waals surface area contributed by atoms with E-state index >= 15 is 0 Å². The van der Waals surface area contributed by atoms with Crippen LogP contribution in [0.3, 0.4) is 0 Å². The van der Waals surface area contributed by atoms with Crippen molar-refractivity contribution in [1.29, 1.82) is 0 Å². The number of aromatic nitrogens is 3. The first kappa shape index (κ1) is 23.6. The number of carbonyl (C=O) groups is 2.